The van der Waals surface area contributed by atoms with Gasteiger partial charge in [-0.1, -0.05) is 40.5 Å². The van der Waals surface area contributed by atoms with Crippen molar-refractivity contribution in [3.05, 3.63) is 0 Å². The predicted octanol–water partition coefficient (Wildman–Crippen LogP) is 2.97. The van der Waals surface area contributed by atoms with Crippen LogP contribution in [0.15, 0.2) is 0 Å². The van der Waals surface area contributed by atoms with E-state index in [9.17, 15) is 5.11 Å². The lowest BCUT2D eigenvalue weighted by molar-refractivity contribution is -0.0451. The molecule has 2 N–H and O–H groups in total. The Morgan fingerprint density at radius 3 is 2.58 bits per heavy atom. The summed E-state index contributed by atoms with van der Waals surface area (Å²) in [7, 11) is 0. The topological polar surface area (TPSA) is 41.5 Å². The second kappa shape index (κ2) is 8.23. The molecular weight excluding hydrogens is 238 g/mol. The summed E-state index contributed by atoms with van der Waals surface area (Å²) in [5, 5.41) is 13.2. The summed E-state index contributed by atoms with van der Waals surface area (Å²) >= 11 is 0. The van der Waals surface area contributed by atoms with Crippen LogP contribution in [0.4, 0.5) is 0 Å². The van der Waals surface area contributed by atoms with Crippen molar-refractivity contribution in [2.45, 2.75) is 72.0 Å². The van der Waals surface area contributed by atoms with E-state index < -0.39 is 0 Å². The molecule has 3 nitrogen and oxygen atoms in total. The summed E-state index contributed by atoms with van der Waals surface area (Å²) in [6.07, 6.45) is 6.13. The third-order valence-electron chi connectivity index (χ3n) is 3.97. The van der Waals surface area contributed by atoms with Gasteiger partial charge in [0.05, 0.1) is 18.8 Å². The van der Waals surface area contributed by atoms with Gasteiger partial charge in [-0.3, -0.25) is 0 Å². The number of hydrogen-bond acceptors (Lipinski definition) is 3. The highest BCUT2D eigenvalue weighted by molar-refractivity contribution is 4.73. The average molecular weight is 271 g/mol. The van der Waals surface area contributed by atoms with Gasteiger partial charge in [0.1, 0.15) is 0 Å². The molecule has 3 heteroatoms. The first-order chi connectivity index (χ1) is 8.88. The summed E-state index contributed by atoms with van der Waals surface area (Å²) < 4.78 is 5.86. The van der Waals surface area contributed by atoms with Crippen LogP contribution in [0.3, 0.4) is 0 Å². The van der Waals surface area contributed by atoms with Crippen LogP contribution in [0.25, 0.3) is 0 Å². The van der Waals surface area contributed by atoms with Gasteiger partial charge in [-0.25, -0.2) is 0 Å². The highest BCUT2D eigenvalue weighted by Gasteiger charge is 2.22. The van der Waals surface area contributed by atoms with Crippen molar-refractivity contribution in [1.82, 2.24) is 5.32 Å². The monoisotopic (exact) mass is 271 g/mol. The molecule has 0 radical (unpaired) electrons. The first-order valence-electron chi connectivity index (χ1n) is 7.89. The molecule has 1 saturated carbocycles. The van der Waals surface area contributed by atoms with Crippen molar-refractivity contribution < 1.29 is 9.84 Å². The zero-order valence-electron chi connectivity index (χ0n) is 13.2. The molecule has 114 valence electrons. The quantitative estimate of drug-likeness (QED) is 0.700. The largest absolute Gasteiger partial charge is 0.389 e. The van der Waals surface area contributed by atoms with Crippen LogP contribution in [0.5, 0.6) is 0 Å². The summed E-state index contributed by atoms with van der Waals surface area (Å²) in [6.45, 7) is 11.0. The van der Waals surface area contributed by atoms with Crippen molar-refractivity contribution in [3.8, 4) is 0 Å². The van der Waals surface area contributed by atoms with Crippen LogP contribution < -0.4 is 5.32 Å². The molecule has 0 aromatic rings. The number of aliphatic hydroxyl groups is 1. The lowest BCUT2D eigenvalue weighted by atomic mass is 9.88. The smallest absolute Gasteiger partial charge is 0.0897 e. The summed E-state index contributed by atoms with van der Waals surface area (Å²) in [5.74, 6) is 0.648. The van der Waals surface area contributed by atoms with Gasteiger partial charge in [-0.05, 0) is 37.1 Å². The number of aliphatic hydroxyl groups excluding tert-OH is 1. The van der Waals surface area contributed by atoms with E-state index in [0.29, 0.717) is 30.6 Å². The Kier molecular flexibility index (Phi) is 7.33. The highest BCUT2D eigenvalue weighted by atomic mass is 16.5. The van der Waals surface area contributed by atoms with E-state index in [1.807, 2.05) is 0 Å². The van der Waals surface area contributed by atoms with Gasteiger partial charge in [-0.2, -0.15) is 0 Å². The van der Waals surface area contributed by atoms with Crippen molar-refractivity contribution in [3.63, 3.8) is 0 Å². The van der Waals surface area contributed by atoms with Crippen LogP contribution in [0.2, 0.25) is 0 Å². The number of hydrogen-bond donors (Lipinski definition) is 2. The molecule has 1 aliphatic rings. The minimum atomic E-state index is -0.380. The maximum absolute atomic E-state index is 9.91. The maximum Gasteiger partial charge on any atom is 0.0897 e. The van der Waals surface area contributed by atoms with Crippen LogP contribution in [-0.4, -0.2) is 37.0 Å². The Labute approximate surface area is 119 Å². The van der Waals surface area contributed by atoms with Crippen LogP contribution in [-0.2, 0) is 4.74 Å². The van der Waals surface area contributed by atoms with Gasteiger partial charge in [-0.15, -0.1) is 0 Å². The maximum atomic E-state index is 9.91. The second-order valence-electron chi connectivity index (χ2n) is 7.30. The molecule has 19 heavy (non-hydrogen) atoms. The third-order valence-corrected chi connectivity index (χ3v) is 3.97. The van der Waals surface area contributed by atoms with E-state index in [1.54, 1.807) is 0 Å². The molecule has 1 fully saturated rings. The zero-order valence-corrected chi connectivity index (χ0v) is 13.2. The number of ether oxygens (including phenoxy) is 1. The van der Waals surface area contributed by atoms with E-state index in [-0.39, 0.29) is 6.10 Å². The van der Waals surface area contributed by atoms with Gasteiger partial charge in [0.15, 0.2) is 0 Å². The first kappa shape index (κ1) is 16.9. The van der Waals surface area contributed by atoms with Crippen molar-refractivity contribution in [2.24, 2.45) is 11.3 Å². The Morgan fingerprint density at radius 1 is 1.26 bits per heavy atom. The van der Waals surface area contributed by atoms with Crippen molar-refractivity contribution in [1.29, 1.82) is 0 Å². The molecule has 3 atom stereocenters. The summed E-state index contributed by atoms with van der Waals surface area (Å²) in [5.41, 5.74) is 0.353. The van der Waals surface area contributed by atoms with Gasteiger partial charge in [0, 0.05) is 6.54 Å². The average Bonchev–Trinajstić information content (AvgIpc) is 2.32. The fourth-order valence-electron chi connectivity index (χ4n) is 2.56. The molecule has 0 spiro atoms. The van der Waals surface area contributed by atoms with Gasteiger partial charge in [0.25, 0.3) is 0 Å². The standard InChI is InChI=1S/C16H33NO2/c1-13-7-5-6-8-15(13)19-12-14(18)11-17-10-9-16(2,3)4/h13-15,17-18H,5-12H2,1-4H3. The van der Waals surface area contributed by atoms with E-state index in [4.69, 9.17) is 4.74 Å². The summed E-state index contributed by atoms with van der Waals surface area (Å²) in [6, 6.07) is 0. The molecule has 1 rings (SSSR count). The molecule has 0 amide bonds. The molecule has 1 aliphatic carbocycles. The van der Waals surface area contributed by atoms with E-state index in [2.05, 4.69) is 33.0 Å². The molecule has 3 unspecified atom stereocenters. The summed E-state index contributed by atoms with van der Waals surface area (Å²) in [4.78, 5) is 0. The number of nitrogens with one attached hydrogen (secondary N) is 1. The Bertz CT molecular complexity index is 237. The van der Waals surface area contributed by atoms with Crippen molar-refractivity contribution in [2.75, 3.05) is 19.7 Å². The molecule has 0 saturated heterocycles. The Morgan fingerprint density at radius 2 is 1.95 bits per heavy atom. The molecule has 0 aromatic carbocycles. The van der Waals surface area contributed by atoms with E-state index in [0.717, 1.165) is 19.4 Å². The highest BCUT2D eigenvalue weighted by Crippen LogP contribution is 2.26. The molecule has 0 aromatic heterocycles. The second-order valence-corrected chi connectivity index (χ2v) is 7.30. The fraction of sp³-hybridized carbons (Fsp3) is 1.00. The van der Waals surface area contributed by atoms with Crippen LogP contribution >= 0.6 is 0 Å². The zero-order chi connectivity index (χ0) is 14.3. The SMILES string of the molecule is CC1CCCCC1OCC(O)CNCCC(C)(C)C. The van der Waals surface area contributed by atoms with Crippen LogP contribution in [0, 0.1) is 11.3 Å². The van der Waals surface area contributed by atoms with Crippen molar-refractivity contribution >= 4 is 0 Å². The first-order valence-corrected chi connectivity index (χ1v) is 7.89. The van der Waals surface area contributed by atoms with Gasteiger partial charge >= 0.3 is 0 Å². The predicted molar refractivity (Wildman–Crippen MR) is 80.3 cm³/mol. The molecule has 0 aliphatic heterocycles. The molecule has 0 heterocycles. The molecule has 0 bridgehead atoms. The molecular formula is C16H33NO2. The minimum absolute atomic E-state index is 0.353. The lowest BCUT2D eigenvalue weighted by Gasteiger charge is -2.29. The van der Waals surface area contributed by atoms with E-state index in [1.165, 1.54) is 19.3 Å². The Balaban J connectivity index is 2.05. The van der Waals surface area contributed by atoms with Gasteiger partial charge in [0.2, 0.25) is 0 Å². The van der Waals surface area contributed by atoms with Gasteiger partial charge < -0.3 is 15.2 Å². The van der Waals surface area contributed by atoms with E-state index >= 15 is 0 Å². The lowest BCUT2D eigenvalue weighted by Crippen LogP contribution is -2.35. The van der Waals surface area contributed by atoms with Crippen LogP contribution in [0.1, 0.15) is 59.8 Å². The minimum Gasteiger partial charge on any atom is -0.389 e. The fourth-order valence-corrected chi connectivity index (χ4v) is 2.56. The Hall–Kier alpha value is -0.120. The third kappa shape index (κ3) is 7.91. The normalized spacial score (nSPS) is 26.4. The number of rotatable bonds is 7.